The molecule has 2 heterocycles. The molecule has 1 N–H and O–H groups in total. The van der Waals surface area contributed by atoms with Crippen LogP contribution in [0.4, 0.5) is 5.82 Å². The molecule has 0 saturated heterocycles. The lowest BCUT2D eigenvalue weighted by Crippen LogP contribution is -2.25. The first-order chi connectivity index (χ1) is 12.0. The van der Waals surface area contributed by atoms with Crippen molar-refractivity contribution in [1.29, 1.82) is 0 Å². The number of aromatic nitrogens is 2. The van der Waals surface area contributed by atoms with Crippen LogP contribution in [-0.2, 0) is 9.53 Å². The summed E-state index contributed by atoms with van der Waals surface area (Å²) in [4.78, 5) is 28.3. The molecule has 0 saturated carbocycles. The van der Waals surface area contributed by atoms with Gasteiger partial charge in [-0.05, 0) is 24.7 Å². The largest absolute Gasteiger partial charge is 0.493 e. The maximum absolute atomic E-state index is 12.6. The summed E-state index contributed by atoms with van der Waals surface area (Å²) in [7, 11) is 4.38. The first-order valence-corrected chi connectivity index (χ1v) is 7.97. The zero-order valence-electron chi connectivity index (χ0n) is 14.0. The van der Waals surface area contributed by atoms with Crippen LogP contribution in [-0.4, -0.2) is 48.8 Å². The standard InChI is InChI=1S/C16H17N3O5S/c1-22-11-6-8-10(7-12(11)23-2)18-16(25)19-14(8)17-9(15(19)21)4-5-13(20)24-3/h6-7,9,17H,4-5H2,1-3H3/t9-/m0/s1. The number of rotatable bonds is 5. The lowest BCUT2D eigenvalue weighted by molar-refractivity contribution is -0.140. The molecule has 9 heteroatoms. The molecule has 3 rings (SSSR count). The van der Waals surface area contributed by atoms with Gasteiger partial charge in [0, 0.05) is 17.9 Å². The normalized spacial score (nSPS) is 15.6. The Morgan fingerprint density at radius 1 is 1.28 bits per heavy atom. The van der Waals surface area contributed by atoms with E-state index >= 15 is 0 Å². The highest BCUT2D eigenvalue weighted by molar-refractivity contribution is 7.71. The van der Waals surface area contributed by atoms with Gasteiger partial charge in [-0.15, -0.1) is 0 Å². The van der Waals surface area contributed by atoms with Crippen molar-refractivity contribution < 1.29 is 23.8 Å². The third kappa shape index (κ3) is 2.91. The molecule has 2 aromatic rings. The van der Waals surface area contributed by atoms with Crippen molar-refractivity contribution in [3.8, 4) is 11.5 Å². The summed E-state index contributed by atoms with van der Waals surface area (Å²) in [6, 6.07) is 2.88. The number of hydrogen-bond donors (Lipinski definition) is 1. The Balaban J connectivity index is 2.07. The minimum atomic E-state index is -0.568. The molecule has 1 aliphatic rings. The van der Waals surface area contributed by atoms with Gasteiger partial charge in [-0.1, -0.05) is 0 Å². The van der Waals surface area contributed by atoms with Crippen molar-refractivity contribution >= 4 is 40.8 Å². The van der Waals surface area contributed by atoms with E-state index in [4.69, 9.17) is 21.7 Å². The summed E-state index contributed by atoms with van der Waals surface area (Å²) in [5.74, 6) is 0.963. The number of benzene rings is 1. The molecule has 1 aromatic heterocycles. The fraction of sp³-hybridized carbons (Fsp3) is 0.375. The molecule has 0 fully saturated rings. The van der Waals surface area contributed by atoms with E-state index in [1.165, 1.54) is 25.9 Å². The number of methoxy groups -OCH3 is 3. The fourth-order valence-corrected chi connectivity index (χ4v) is 3.09. The van der Waals surface area contributed by atoms with E-state index in [0.29, 0.717) is 34.6 Å². The molecule has 8 nitrogen and oxygen atoms in total. The van der Waals surface area contributed by atoms with Gasteiger partial charge >= 0.3 is 5.97 Å². The van der Waals surface area contributed by atoms with Crippen molar-refractivity contribution in [2.24, 2.45) is 0 Å². The smallest absolute Gasteiger partial charge is 0.305 e. The van der Waals surface area contributed by atoms with Crippen molar-refractivity contribution in [1.82, 2.24) is 9.55 Å². The number of carbonyl (C=O) groups is 2. The highest BCUT2D eigenvalue weighted by Crippen LogP contribution is 2.36. The van der Waals surface area contributed by atoms with E-state index in [1.807, 2.05) is 0 Å². The lowest BCUT2D eigenvalue weighted by Gasteiger charge is -2.11. The monoisotopic (exact) mass is 363 g/mol. The summed E-state index contributed by atoms with van der Waals surface area (Å²) < 4.78 is 16.7. The maximum Gasteiger partial charge on any atom is 0.305 e. The van der Waals surface area contributed by atoms with Crippen LogP contribution in [0.3, 0.4) is 0 Å². The van der Waals surface area contributed by atoms with Crippen LogP contribution in [0.25, 0.3) is 10.9 Å². The minimum Gasteiger partial charge on any atom is -0.493 e. The van der Waals surface area contributed by atoms with Crippen LogP contribution >= 0.6 is 12.2 Å². The fourth-order valence-electron chi connectivity index (χ4n) is 2.81. The first kappa shape index (κ1) is 17.2. The van der Waals surface area contributed by atoms with E-state index in [-0.39, 0.29) is 23.1 Å². The van der Waals surface area contributed by atoms with E-state index in [9.17, 15) is 9.59 Å². The highest BCUT2D eigenvalue weighted by atomic mass is 32.1. The SMILES string of the molecule is COC(=O)CC[C@@H]1Nc2c3cc(OC)c(OC)cc3nc(=S)n2C1=O. The zero-order valence-corrected chi connectivity index (χ0v) is 14.8. The lowest BCUT2D eigenvalue weighted by atomic mass is 10.1. The number of carbonyl (C=O) groups excluding carboxylic acids is 2. The van der Waals surface area contributed by atoms with Crippen molar-refractivity contribution in [3.05, 3.63) is 16.9 Å². The van der Waals surface area contributed by atoms with E-state index < -0.39 is 6.04 Å². The van der Waals surface area contributed by atoms with Gasteiger partial charge in [0.2, 0.25) is 4.77 Å². The molecule has 0 spiro atoms. The van der Waals surface area contributed by atoms with E-state index in [1.54, 1.807) is 12.1 Å². The van der Waals surface area contributed by atoms with Gasteiger partial charge in [0.1, 0.15) is 11.9 Å². The second kappa shape index (κ2) is 6.67. The summed E-state index contributed by atoms with van der Waals surface area (Å²) in [5, 5.41) is 3.82. The summed E-state index contributed by atoms with van der Waals surface area (Å²) in [6.07, 6.45) is 0.431. The van der Waals surface area contributed by atoms with Gasteiger partial charge in [-0.3, -0.25) is 9.59 Å². The summed E-state index contributed by atoms with van der Waals surface area (Å²) in [5.41, 5.74) is 0.586. The Morgan fingerprint density at radius 2 is 1.96 bits per heavy atom. The molecule has 0 radical (unpaired) electrons. The van der Waals surface area contributed by atoms with Crippen LogP contribution in [0.5, 0.6) is 11.5 Å². The molecule has 0 amide bonds. The zero-order chi connectivity index (χ0) is 18.1. The average molecular weight is 363 g/mol. The van der Waals surface area contributed by atoms with Crippen molar-refractivity contribution in [2.75, 3.05) is 26.6 Å². The van der Waals surface area contributed by atoms with Gasteiger partial charge in [-0.25, -0.2) is 9.55 Å². The quantitative estimate of drug-likeness (QED) is 0.638. The molecular weight excluding hydrogens is 346 g/mol. The molecule has 0 bridgehead atoms. The van der Waals surface area contributed by atoms with Crippen LogP contribution in [0.2, 0.25) is 0 Å². The maximum atomic E-state index is 12.6. The molecule has 132 valence electrons. The minimum absolute atomic E-state index is 0.129. The first-order valence-electron chi connectivity index (χ1n) is 7.56. The van der Waals surface area contributed by atoms with Gasteiger partial charge in [0.25, 0.3) is 5.91 Å². The van der Waals surface area contributed by atoms with Crippen LogP contribution in [0.15, 0.2) is 12.1 Å². The van der Waals surface area contributed by atoms with Crippen molar-refractivity contribution in [2.45, 2.75) is 18.9 Å². The number of nitrogens with one attached hydrogen (secondary N) is 1. The molecule has 1 aromatic carbocycles. The molecule has 1 atom stereocenters. The third-order valence-corrected chi connectivity index (χ3v) is 4.36. The van der Waals surface area contributed by atoms with Gasteiger partial charge < -0.3 is 19.5 Å². The Labute approximate surface area is 148 Å². The second-order valence-corrected chi connectivity index (χ2v) is 5.82. The number of hydrogen-bond acceptors (Lipinski definition) is 8. The van der Waals surface area contributed by atoms with Gasteiger partial charge in [0.15, 0.2) is 11.5 Å². The second-order valence-electron chi connectivity index (χ2n) is 5.45. The molecule has 25 heavy (non-hydrogen) atoms. The van der Waals surface area contributed by atoms with E-state index in [0.717, 1.165) is 0 Å². The van der Waals surface area contributed by atoms with Crippen LogP contribution in [0.1, 0.15) is 17.6 Å². The Hall–Kier alpha value is -2.68. The topological polar surface area (TPSA) is 91.7 Å². The highest BCUT2D eigenvalue weighted by Gasteiger charge is 2.32. The molecule has 1 aliphatic heterocycles. The molecule has 0 unspecified atom stereocenters. The molecule has 0 aliphatic carbocycles. The molecular formula is C16H17N3O5S. The number of anilines is 1. The van der Waals surface area contributed by atoms with Crippen LogP contribution in [0, 0.1) is 4.77 Å². The van der Waals surface area contributed by atoms with Gasteiger partial charge in [0.05, 0.1) is 26.8 Å². The summed E-state index contributed by atoms with van der Waals surface area (Å²) in [6.45, 7) is 0. The number of ether oxygens (including phenoxy) is 3. The third-order valence-electron chi connectivity index (χ3n) is 4.08. The van der Waals surface area contributed by atoms with E-state index in [2.05, 4.69) is 15.0 Å². The predicted molar refractivity (Wildman–Crippen MR) is 93.0 cm³/mol. The summed E-state index contributed by atoms with van der Waals surface area (Å²) >= 11 is 5.26. The number of fused-ring (bicyclic) bond motifs is 3. The van der Waals surface area contributed by atoms with Crippen LogP contribution < -0.4 is 14.8 Å². The Kier molecular flexibility index (Phi) is 4.58. The van der Waals surface area contributed by atoms with Crippen molar-refractivity contribution in [3.63, 3.8) is 0 Å². The Bertz CT molecular complexity index is 924. The predicted octanol–water partition coefficient (Wildman–Crippen LogP) is 2.17. The Morgan fingerprint density at radius 3 is 2.60 bits per heavy atom. The van der Waals surface area contributed by atoms with Gasteiger partial charge in [-0.2, -0.15) is 0 Å². The average Bonchev–Trinajstić information content (AvgIpc) is 2.96. The number of esters is 1. The number of nitrogens with zero attached hydrogens (tertiary/aromatic N) is 2.